The van der Waals surface area contributed by atoms with Crippen LogP contribution >= 0.6 is 0 Å². The van der Waals surface area contributed by atoms with Crippen LogP contribution in [0, 0.1) is 23.4 Å². The van der Waals surface area contributed by atoms with Gasteiger partial charge in [0.25, 0.3) is 0 Å². The lowest BCUT2D eigenvalue weighted by molar-refractivity contribution is 0.103. The number of ether oxygens (including phenoxy) is 2. The van der Waals surface area contributed by atoms with Gasteiger partial charge in [-0.2, -0.15) is 11.6 Å². The van der Waals surface area contributed by atoms with Crippen LogP contribution in [-0.4, -0.2) is 35.7 Å². The molecule has 0 saturated heterocycles. The third kappa shape index (κ3) is 6.30. The van der Waals surface area contributed by atoms with Gasteiger partial charge in [0.2, 0.25) is 0 Å². The Balaban J connectivity index is 1.39. The van der Waals surface area contributed by atoms with Crippen molar-refractivity contribution in [1.29, 1.82) is 0 Å². The summed E-state index contributed by atoms with van der Waals surface area (Å²) in [4.78, 5) is 4.81. The average Bonchev–Trinajstić information content (AvgIpc) is 3.55. The van der Waals surface area contributed by atoms with Crippen molar-refractivity contribution in [2.75, 3.05) is 13.2 Å². The Bertz CT molecular complexity index is 957. The number of unbranched alkanes of at least 4 members (excludes halogenated alkanes) is 1. The van der Waals surface area contributed by atoms with Gasteiger partial charge in [0.05, 0.1) is 0 Å². The molecule has 1 atom stereocenters. The Hall–Kier alpha value is -2.37. The van der Waals surface area contributed by atoms with Gasteiger partial charge in [-0.25, -0.2) is 0 Å². The van der Waals surface area contributed by atoms with Gasteiger partial charge in [-0.1, -0.05) is 57.6 Å². The second-order valence-corrected chi connectivity index (χ2v) is 11.0. The first-order valence-electron chi connectivity index (χ1n) is 13.9. The van der Waals surface area contributed by atoms with Crippen LogP contribution < -0.4 is 4.74 Å². The van der Waals surface area contributed by atoms with Gasteiger partial charge < -0.3 is 19.7 Å². The van der Waals surface area contributed by atoms with Crippen LogP contribution in [0.2, 0.25) is 0 Å². The zero-order valence-electron chi connectivity index (χ0n) is 22.3. The molecule has 0 aromatic heterocycles. The molecule has 1 saturated carbocycles. The summed E-state index contributed by atoms with van der Waals surface area (Å²) in [6, 6.07) is 5.65. The van der Waals surface area contributed by atoms with Crippen molar-refractivity contribution < 1.29 is 19.7 Å². The summed E-state index contributed by atoms with van der Waals surface area (Å²) >= 11 is 0. The van der Waals surface area contributed by atoms with E-state index in [9.17, 15) is 10.2 Å². The van der Waals surface area contributed by atoms with E-state index in [0.29, 0.717) is 18.3 Å². The fourth-order valence-corrected chi connectivity index (χ4v) is 5.50. The van der Waals surface area contributed by atoms with Crippen LogP contribution in [0.1, 0.15) is 84.1 Å². The van der Waals surface area contributed by atoms with Crippen LogP contribution in [0.4, 0.5) is 0 Å². The average molecular weight is 494 g/mol. The molecule has 1 fully saturated rings. The molecule has 0 bridgehead atoms. The van der Waals surface area contributed by atoms with Crippen molar-refractivity contribution in [3.8, 4) is 11.5 Å². The number of aliphatic hydroxyl groups is 1. The Labute approximate surface area is 217 Å². The van der Waals surface area contributed by atoms with Crippen molar-refractivity contribution in [3.63, 3.8) is 0 Å². The predicted molar refractivity (Wildman–Crippen MR) is 145 cm³/mol. The molecule has 2 heterocycles. The number of allylic oxidation sites excluding steroid dienone is 1. The molecule has 2 aliphatic heterocycles. The minimum atomic E-state index is -0.0969. The van der Waals surface area contributed by atoms with E-state index in [-0.39, 0.29) is 23.9 Å². The molecular formula is C31H43NO4. The molecule has 36 heavy (non-hydrogen) atoms. The number of aliphatic imine (C=N–C) groups is 1. The molecule has 2 N–H and O–H groups in total. The highest BCUT2D eigenvalue weighted by Crippen LogP contribution is 2.46. The van der Waals surface area contributed by atoms with Gasteiger partial charge in [0.15, 0.2) is 17.2 Å². The van der Waals surface area contributed by atoms with Gasteiger partial charge in [-0.05, 0) is 57.2 Å². The summed E-state index contributed by atoms with van der Waals surface area (Å²) in [5, 5.41) is 20.2. The summed E-state index contributed by atoms with van der Waals surface area (Å²) in [5.74, 6) is 2.45. The Morgan fingerprint density at radius 1 is 1.25 bits per heavy atom. The quantitative estimate of drug-likeness (QED) is 0.311. The molecule has 0 radical (unpaired) electrons. The van der Waals surface area contributed by atoms with E-state index in [2.05, 4.69) is 26.8 Å². The largest absolute Gasteiger partial charge is 0.504 e. The van der Waals surface area contributed by atoms with Crippen molar-refractivity contribution in [1.82, 2.24) is 0 Å². The van der Waals surface area contributed by atoms with Crippen molar-refractivity contribution in [2.24, 2.45) is 16.3 Å². The highest BCUT2D eigenvalue weighted by molar-refractivity contribution is 5.83. The van der Waals surface area contributed by atoms with Gasteiger partial charge in [0, 0.05) is 18.6 Å². The number of nitrogens with zero attached hydrogens (tertiary/aromatic N) is 1. The standard InChI is InChI=1S/C31H43NO4/c1-4-5-9-28-25(20-33)17-26(36-28)12-10-23-11-13-27(34)29(16-23)35-21-31(14-7-6-8-15-31)30-18-24(19-32-30)22(2)3/h11,13,16-19,22,28,33-34H,4-10,12,14-15,20-21H2,1-3H3. The number of aryl methyl sites for hydroxylation is 1. The molecule has 1 aliphatic carbocycles. The minimum absolute atomic E-state index is 0.0105. The second kappa shape index (κ2) is 12.2. The lowest BCUT2D eigenvalue weighted by Gasteiger charge is -2.32. The van der Waals surface area contributed by atoms with Gasteiger partial charge in [-0.15, -0.1) is 4.99 Å². The molecule has 4 rings (SSSR count). The third-order valence-electron chi connectivity index (χ3n) is 7.92. The molecule has 196 valence electrons. The Morgan fingerprint density at radius 3 is 2.75 bits per heavy atom. The number of hydrogen-bond acceptors (Lipinski definition) is 5. The third-order valence-corrected chi connectivity index (χ3v) is 7.92. The summed E-state index contributed by atoms with van der Waals surface area (Å²) in [6.07, 6.45) is 17.7. The first kappa shape index (κ1) is 26.7. The normalized spacial score (nSPS) is 21.3. The first-order valence-corrected chi connectivity index (χ1v) is 13.9. The predicted octanol–water partition coefficient (Wildman–Crippen LogP) is 6.89. The smallest absolute Gasteiger partial charge is 0.184 e. The van der Waals surface area contributed by atoms with E-state index in [1.807, 2.05) is 24.4 Å². The monoisotopic (exact) mass is 493 g/mol. The SMILES string of the molecule is CCCCC1O[C-](CCc2ccc(O)c(OCC3(C4=C[C+](C(C)C)C=N4)CCCCC3)c2)C=C1CO. The Morgan fingerprint density at radius 2 is 2.06 bits per heavy atom. The van der Waals surface area contributed by atoms with Gasteiger partial charge in [0.1, 0.15) is 30.2 Å². The molecule has 1 aromatic carbocycles. The van der Waals surface area contributed by atoms with E-state index < -0.39 is 0 Å². The fourth-order valence-electron chi connectivity index (χ4n) is 5.50. The maximum absolute atomic E-state index is 10.6. The van der Waals surface area contributed by atoms with Crippen molar-refractivity contribution in [3.05, 3.63) is 59.2 Å². The van der Waals surface area contributed by atoms with Crippen LogP contribution in [0.3, 0.4) is 0 Å². The van der Waals surface area contributed by atoms with E-state index in [4.69, 9.17) is 14.5 Å². The van der Waals surface area contributed by atoms with Crippen LogP contribution in [-0.2, 0) is 11.2 Å². The molecule has 5 heteroatoms. The topological polar surface area (TPSA) is 71.3 Å². The second-order valence-electron chi connectivity index (χ2n) is 11.0. The number of rotatable bonds is 12. The number of aromatic hydroxyl groups is 1. The summed E-state index contributed by atoms with van der Waals surface area (Å²) in [5.41, 5.74) is 3.12. The number of phenolic OH excluding ortho intramolecular Hbond substituents is 1. The van der Waals surface area contributed by atoms with Gasteiger partial charge >= 0.3 is 0 Å². The summed E-state index contributed by atoms with van der Waals surface area (Å²) in [7, 11) is 0. The van der Waals surface area contributed by atoms with Crippen LogP contribution in [0.25, 0.3) is 0 Å². The fraction of sp³-hybridized carbons (Fsp3) is 0.581. The van der Waals surface area contributed by atoms with E-state index in [1.54, 1.807) is 6.07 Å². The molecule has 1 unspecified atom stereocenters. The maximum atomic E-state index is 10.6. The molecule has 1 aromatic rings. The zero-order valence-corrected chi connectivity index (χ0v) is 22.3. The Kier molecular flexibility index (Phi) is 9.08. The molecular weight excluding hydrogens is 450 g/mol. The highest BCUT2D eigenvalue weighted by atomic mass is 16.5. The molecule has 0 amide bonds. The zero-order chi connectivity index (χ0) is 25.5. The van der Waals surface area contributed by atoms with Gasteiger partial charge in [-0.3, -0.25) is 0 Å². The molecule has 0 spiro atoms. The maximum Gasteiger partial charge on any atom is 0.184 e. The van der Waals surface area contributed by atoms with E-state index in [1.165, 1.54) is 25.2 Å². The lowest BCUT2D eigenvalue weighted by Crippen LogP contribution is -2.32. The number of hydrogen-bond donors (Lipinski definition) is 2. The first-order chi connectivity index (χ1) is 17.4. The molecule has 5 nitrogen and oxygen atoms in total. The van der Waals surface area contributed by atoms with Crippen molar-refractivity contribution >= 4 is 6.21 Å². The summed E-state index contributed by atoms with van der Waals surface area (Å²) in [6.45, 7) is 7.15. The number of benzene rings is 1. The van der Waals surface area contributed by atoms with Crippen LogP contribution in [0.15, 0.2) is 46.6 Å². The highest BCUT2D eigenvalue weighted by Gasteiger charge is 2.45. The molecule has 3 aliphatic rings. The summed E-state index contributed by atoms with van der Waals surface area (Å²) < 4.78 is 12.5. The van der Waals surface area contributed by atoms with Crippen LogP contribution in [0.5, 0.6) is 11.5 Å². The lowest BCUT2D eigenvalue weighted by atomic mass is 9.72. The van der Waals surface area contributed by atoms with Crippen molar-refractivity contribution in [2.45, 2.75) is 91.1 Å². The van der Waals surface area contributed by atoms with E-state index >= 15 is 0 Å². The number of phenols is 1. The minimum Gasteiger partial charge on any atom is -0.504 e. The van der Waals surface area contributed by atoms with E-state index in [0.717, 1.165) is 67.9 Å². The number of aliphatic hydroxyl groups excluding tert-OH is 1.